The van der Waals surface area contributed by atoms with Gasteiger partial charge in [-0.05, 0) is 12.1 Å². The van der Waals surface area contributed by atoms with Crippen molar-refractivity contribution in [2.45, 2.75) is 12.2 Å². The molecule has 0 bridgehead atoms. The lowest BCUT2D eigenvalue weighted by Gasteiger charge is -2.43. The van der Waals surface area contributed by atoms with Crippen LogP contribution in [-0.4, -0.2) is 55.2 Å². The van der Waals surface area contributed by atoms with Crippen molar-refractivity contribution in [1.29, 1.82) is 0 Å². The first-order chi connectivity index (χ1) is 9.54. The van der Waals surface area contributed by atoms with Gasteiger partial charge in [-0.1, -0.05) is 0 Å². The Labute approximate surface area is 115 Å². The Morgan fingerprint density at radius 1 is 1.10 bits per heavy atom. The van der Waals surface area contributed by atoms with Gasteiger partial charge in [0.1, 0.15) is 5.82 Å². The van der Waals surface area contributed by atoms with Gasteiger partial charge in [-0.3, -0.25) is 4.90 Å². The maximum absolute atomic E-state index is 12.5. The number of hydrogen-bond acceptors (Lipinski definition) is 4. The second kappa shape index (κ2) is 5.21. The number of hydrogen-bond donors (Lipinski definition) is 1. The van der Waals surface area contributed by atoms with Crippen LogP contribution in [0.3, 0.4) is 0 Å². The molecule has 0 unspecified atom stereocenters. The maximum Gasteiger partial charge on any atom is 0.417 e. The predicted octanol–water partition coefficient (Wildman–Crippen LogP) is 1.19. The molecule has 1 N–H and O–H groups in total. The van der Waals surface area contributed by atoms with Crippen molar-refractivity contribution in [2.75, 3.05) is 44.2 Å². The molecule has 3 rings (SSSR count). The third kappa shape index (κ3) is 2.73. The minimum absolute atomic E-state index is 0.623. The minimum Gasteiger partial charge on any atom is -0.354 e. The normalized spacial score (nSPS) is 21.9. The van der Waals surface area contributed by atoms with E-state index in [0.29, 0.717) is 11.9 Å². The Balaban J connectivity index is 1.60. The van der Waals surface area contributed by atoms with E-state index in [9.17, 15) is 13.2 Å². The first-order valence-electron chi connectivity index (χ1n) is 6.77. The zero-order valence-corrected chi connectivity index (χ0v) is 11.0. The second-order valence-corrected chi connectivity index (χ2v) is 5.24. The number of nitrogens with one attached hydrogen (secondary N) is 1. The number of halogens is 3. The monoisotopic (exact) mass is 286 g/mol. The smallest absolute Gasteiger partial charge is 0.354 e. The Kier molecular flexibility index (Phi) is 3.55. The predicted molar refractivity (Wildman–Crippen MR) is 69.7 cm³/mol. The molecule has 20 heavy (non-hydrogen) atoms. The molecule has 0 aliphatic carbocycles. The highest BCUT2D eigenvalue weighted by molar-refractivity contribution is 5.40. The number of aromatic nitrogens is 1. The van der Waals surface area contributed by atoms with Gasteiger partial charge in [-0.2, -0.15) is 13.2 Å². The van der Waals surface area contributed by atoms with Gasteiger partial charge in [0.05, 0.1) is 5.56 Å². The topological polar surface area (TPSA) is 31.4 Å². The minimum atomic E-state index is -4.32. The van der Waals surface area contributed by atoms with Crippen LogP contribution in [0, 0.1) is 0 Å². The molecule has 1 aromatic heterocycles. The summed E-state index contributed by atoms with van der Waals surface area (Å²) >= 11 is 0. The van der Waals surface area contributed by atoms with E-state index in [1.165, 1.54) is 6.07 Å². The molecule has 3 heterocycles. The number of rotatable bonds is 2. The van der Waals surface area contributed by atoms with E-state index in [1.54, 1.807) is 0 Å². The molecular formula is C13H17F3N4. The molecule has 0 aromatic carbocycles. The summed E-state index contributed by atoms with van der Waals surface area (Å²) in [6.07, 6.45) is -3.40. The van der Waals surface area contributed by atoms with Crippen molar-refractivity contribution in [2.24, 2.45) is 0 Å². The van der Waals surface area contributed by atoms with Gasteiger partial charge >= 0.3 is 6.18 Å². The van der Waals surface area contributed by atoms with E-state index < -0.39 is 11.7 Å². The van der Waals surface area contributed by atoms with Crippen LogP contribution in [0.2, 0.25) is 0 Å². The summed E-state index contributed by atoms with van der Waals surface area (Å²) in [4.78, 5) is 8.42. The van der Waals surface area contributed by atoms with Crippen LogP contribution >= 0.6 is 0 Å². The number of pyridine rings is 1. The lowest BCUT2D eigenvalue weighted by molar-refractivity contribution is -0.137. The molecule has 2 saturated heterocycles. The molecule has 0 radical (unpaired) electrons. The Morgan fingerprint density at radius 2 is 1.80 bits per heavy atom. The van der Waals surface area contributed by atoms with E-state index in [2.05, 4.69) is 15.2 Å². The molecule has 2 fully saturated rings. The summed E-state index contributed by atoms with van der Waals surface area (Å²) in [6, 6.07) is 3.19. The first kappa shape index (κ1) is 13.6. The maximum atomic E-state index is 12.5. The van der Waals surface area contributed by atoms with Crippen molar-refractivity contribution in [3.63, 3.8) is 0 Å². The van der Waals surface area contributed by atoms with Crippen molar-refractivity contribution < 1.29 is 13.2 Å². The summed E-state index contributed by atoms with van der Waals surface area (Å²) < 4.78 is 37.4. The highest BCUT2D eigenvalue weighted by Gasteiger charge is 2.31. The fraction of sp³-hybridized carbons (Fsp3) is 0.615. The largest absolute Gasteiger partial charge is 0.417 e. The average molecular weight is 286 g/mol. The van der Waals surface area contributed by atoms with Crippen molar-refractivity contribution in [1.82, 2.24) is 15.2 Å². The molecule has 0 spiro atoms. The van der Waals surface area contributed by atoms with Crippen LogP contribution in [0.4, 0.5) is 19.0 Å². The van der Waals surface area contributed by atoms with Crippen LogP contribution < -0.4 is 10.2 Å². The van der Waals surface area contributed by atoms with Gasteiger partial charge < -0.3 is 10.2 Å². The molecule has 4 nitrogen and oxygen atoms in total. The van der Waals surface area contributed by atoms with Gasteiger partial charge in [0.25, 0.3) is 0 Å². The van der Waals surface area contributed by atoms with E-state index in [1.807, 2.05) is 4.90 Å². The Bertz CT molecular complexity index is 448. The SMILES string of the molecule is FC(F)(F)c1ccc(N2CCN(C3CNC3)CC2)nc1. The standard InChI is InChI=1S/C13H17F3N4/c14-13(15,16)10-1-2-12(18-7-10)20-5-3-19(4-6-20)11-8-17-9-11/h1-2,7,11,17H,3-6,8-9H2. The van der Waals surface area contributed by atoms with Crippen LogP contribution in [-0.2, 0) is 6.18 Å². The van der Waals surface area contributed by atoms with E-state index in [-0.39, 0.29) is 0 Å². The quantitative estimate of drug-likeness (QED) is 0.885. The summed E-state index contributed by atoms with van der Waals surface area (Å²) in [5, 5.41) is 3.25. The van der Waals surface area contributed by atoms with Gasteiger partial charge in [-0.15, -0.1) is 0 Å². The number of anilines is 1. The highest BCUT2D eigenvalue weighted by atomic mass is 19.4. The molecule has 2 aliphatic rings. The molecule has 1 aromatic rings. The summed E-state index contributed by atoms with van der Waals surface area (Å²) in [5.74, 6) is 0.629. The lowest BCUT2D eigenvalue weighted by Crippen LogP contribution is -2.61. The van der Waals surface area contributed by atoms with Gasteiger partial charge in [0, 0.05) is 51.5 Å². The number of alkyl halides is 3. The number of piperazine rings is 1. The van der Waals surface area contributed by atoms with Gasteiger partial charge in [-0.25, -0.2) is 4.98 Å². The number of nitrogens with zero attached hydrogens (tertiary/aromatic N) is 3. The highest BCUT2D eigenvalue weighted by Crippen LogP contribution is 2.29. The molecule has 2 aliphatic heterocycles. The molecule has 0 saturated carbocycles. The van der Waals surface area contributed by atoms with Crippen LogP contribution in [0.1, 0.15) is 5.56 Å². The summed E-state index contributed by atoms with van der Waals surface area (Å²) in [7, 11) is 0. The van der Waals surface area contributed by atoms with E-state index in [4.69, 9.17) is 0 Å². The van der Waals surface area contributed by atoms with Crippen LogP contribution in [0.5, 0.6) is 0 Å². The molecule has 0 amide bonds. The third-order valence-corrected chi connectivity index (χ3v) is 3.99. The zero-order valence-electron chi connectivity index (χ0n) is 11.0. The Hall–Kier alpha value is -1.34. The van der Waals surface area contributed by atoms with Gasteiger partial charge in [0.15, 0.2) is 0 Å². The van der Waals surface area contributed by atoms with Gasteiger partial charge in [0.2, 0.25) is 0 Å². The third-order valence-electron chi connectivity index (χ3n) is 3.99. The fourth-order valence-corrected chi connectivity index (χ4v) is 2.59. The van der Waals surface area contributed by atoms with Crippen LogP contribution in [0.15, 0.2) is 18.3 Å². The molecule has 0 atom stereocenters. The lowest BCUT2D eigenvalue weighted by atomic mass is 10.1. The fourth-order valence-electron chi connectivity index (χ4n) is 2.59. The van der Waals surface area contributed by atoms with Crippen LogP contribution in [0.25, 0.3) is 0 Å². The van der Waals surface area contributed by atoms with E-state index >= 15 is 0 Å². The average Bonchev–Trinajstić information content (AvgIpc) is 2.37. The first-order valence-corrected chi connectivity index (χ1v) is 6.77. The van der Waals surface area contributed by atoms with Crippen molar-refractivity contribution in [3.05, 3.63) is 23.9 Å². The Morgan fingerprint density at radius 3 is 2.25 bits per heavy atom. The molecular weight excluding hydrogens is 269 g/mol. The second-order valence-electron chi connectivity index (χ2n) is 5.24. The summed E-state index contributed by atoms with van der Waals surface area (Å²) in [5.41, 5.74) is -0.694. The van der Waals surface area contributed by atoms with Crippen molar-refractivity contribution in [3.8, 4) is 0 Å². The van der Waals surface area contributed by atoms with E-state index in [0.717, 1.165) is 51.5 Å². The zero-order chi connectivity index (χ0) is 14.2. The van der Waals surface area contributed by atoms with Crippen molar-refractivity contribution >= 4 is 5.82 Å². The molecule has 110 valence electrons. The summed E-state index contributed by atoms with van der Waals surface area (Å²) in [6.45, 7) is 5.59. The molecule has 7 heteroatoms.